The summed E-state index contributed by atoms with van der Waals surface area (Å²) in [4.78, 5) is 0. The van der Waals surface area contributed by atoms with E-state index < -0.39 is 0 Å². The zero-order valence-corrected chi connectivity index (χ0v) is 10.7. The molecule has 0 aliphatic heterocycles. The average molecular weight is 245 g/mol. The number of nitrogens with one attached hydrogen (secondary N) is 1. The second-order valence-corrected chi connectivity index (χ2v) is 4.16. The number of hydrogen-bond donors (Lipinski definition) is 1. The van der Waals surface area contributed by atoms with Crippen LogP contribution in [0.5, 0.6) is 5.75 Å². The molecule has 3 nitrogen and oxygen atoms in total. The third-order valence-corrected chi connectivity index (χ3v) is 2.65. The Bertz CT molecular complexity index is 451. The van der Waals surface area contributed by atoms with Crippen molar-refractivity contribution in [2.24, 2.45) is 0 Å². The van der Waals surface area contributed by atoms with Crippen LogP contribution in [-0.2, 0) is 6.54 Å². The Morgan fingerprint density at radius 3 is 2.94 bits per heavy atom. The highest BCUT2D eigenvalue weighted by Crippen LogP contribution is 2.18. The van der Waals surface area contributed by atoms with Gasteiger partial charge in [0.05, 0.1) is 19.4 Å². The van der Waals surface area contributed by atoms with Crippen LogP contribution in [0.15, 0.2) is 47.1 Å². The van der Waals surface area contributed by atoms with Crippen LogP contribution in [0.4, 0.5) is 5.69 Å². The van der Waals surface area contributed by atoms with Gasteiger partial charge in [-0.25, -0.2) is 0 Å². The molecule has 18 heavy (non-hydrogen) atoms. The van der Waals surface area contributed by atoms with E-state index in [-0.39, 0.29) is 0 Å². The van der Waals surface area contributed by atoms with Gasteiger partial charge >= 0.3 is 0 Å². The van der Waals surface area contributed by atoms with Gasteiger partial charge in [0.15, 0.2) is 0 Å². The van der Waals surface area contributed by atoms with Crippen molar-refractivity contribution in [1.82, 2.24) is 0 Å². The van der Waals surface area contributed by atoms with Crippen molar-refractivity contribution in [2.45, 2.75) is 26.3 Å². The minimum Gasteiger partial charge on any atom is -0.494 e. The minimum atomic E-state index is 0.686. The normalized spacial score (nSPS) is 10.3. The van der Waals surface area contributed by atoms with Crippen molar-refractivity contribution in [3.63, 3.8) is 0 Å². The summed E-state index contributed by atoms with van der Waals surface area (Å²) < 4.78 is 10.9. The largest absolute Gasteiger partial charge is 0.494 e. The molecule has 1 N–H and O–H groups in total. The lowest BCUT2D eigenvalue weighted by Crippen LogP contribution is -2.00. The molecule has 0 bridgehead atoms. The van der Waals surface area contributed by atoms with Crippen molar-refractivity contribution < 1.29 is 9.15 Å². The summed E-state index contributed by atoms with van der Waals surface area (Å²) in [5.74, 6) is 1.83. The first-order valence-corrected chi connectivity index (χ1v) is 6.37. The van der Waals surface area contributed by atoms with E-state index in [2.05, 4.69) is 12.2 Å². The molecule has 0 saturated carbocycles. The van der Waals surface area contributed by atoms with Gasteiger partial charge in [0, 0.05) is 11.8 Å². The van der Waals surface area contributed by atoms with Gasteiger partial charge in [-0.15, -0.1) is 0 Å². The van der Waals surface area contributed by atoms with Gasteiger partial charge in [0.25, 0.3) is 0 Å². The molecule has 0 spiro atoms. The van der Waals surface area contributed by atoms with Gasteiger partial charge in [-0.3, -0.25) is 0 Å². The van der Waals surface area contributed by atoms with E-state index >= 15 is 0 Å². The van der Waals surface area contributed by atoms with Crippen molar-refractivity contribution in [3.05, 3.63) is 48.4 Å². The predicted molar refractivity (Wildman–Crippen MR) is 72.9 cm³/mol. The Labute approximate surface area is 108 Å². The van der Waals surface area contributed by atoms with E-state index in [4.69, 9.17) is 9.15 Å². The molecule has 96 valence electrons. The van der Waals surface area contributed by atoms with Crippen LogP contribution in [0.3, 0.4) is 0 Å². The van der Waals surface area contributed by atoms with Crippen molar-refractivity contribution in [2.75, 3.05) is 11.9 Å². The molecule has 1 aromatic carbocycles. The maximum atomic E-state index is 5.66. The summed E-state index contributed by atoms with van der Waals surface area (Å²) in [6.45, 7) is 3.62. The van der Waals surface area contributed by atoms with E-state index in [1.807, 2.05) is 36.4 Å². The van der Waals surface area contributed by atoms with Crippen LogP contribution in [0, 0.1) is 0 Å². The summed E-state index contributed by atoms with van der Waals surface area (Å²) in [5.41, 5.74) is 1.04. The molecule has 2 aromatic rings. The van der Waals surface area contributed by atoms with Crippen molar-refractivity contribution >= 4 is 5.69 Å². The van der Waals surface area contributed by atoms with Crippen molar-refractivity contribution in [3.8, 4) is 5.75 Å². The average Bonchev–Trinajstić information content (AvgIpc) is 2.90. The summed E-state index contributed by atoms with van der Waals surface area (Å²) in [5, 5.41) is 3.30. The summed E-state index contributed by atoms with van der Waals surface area (Å²) in [6, 6.07) is 11.9. The molecule has 1 heterocycles. The Hall–Kier alpha value is -1.90. The highest BCUT2D eigenvalue weighted by Gasteiger charge is 1.98. The molecule has 0 radical (unpaired) electrons. The summed E-state index contributed by atoms with van der Waals surface area (Å²) in [7, 11) is 0. The topological polar surface area (TPSA) is 34.4 Å². The molecular weight excluding hydrogens is 226 g/mol. The highest BCUT2D eigenvalue weighted by atomic mass is 16.5. The summed E-state index contributed by atoms with van der Waals surface area (Å²) >= 11 is 0. The van der Waals surface area contributed by atoms with E-state index in [0.29, 0.717) is 6.54 Å². The quantitative estimate of drug-likeness (QED) is 0.747. The highest BCUT2D eigenvalue weighted by molar-refractivity contribution is 5.48. The number of benzene rings is 1. The lowest BCUT2D eigenvalue weighted by Gasteiger charge is -2.08. The third kappa shape index (κ3) is 3.84. The first-order valence-electron chi connectivity index (χ1n) is 6.37. The van der Waals surface area contributed by atoms with Crippen LogP contribution < -0.4 is 10.1 Å². The molecule has 0 unspecified atom stereocenters. The van der Waals surface area contributed by atoms with Crippen LogP contribution in [-0.4, -0.2) is 6.61 Å². The first kappa shape index (κ1) is 12.6. The van der Waals surface area contributed by atoms with Crippen LogP contribution in [0.1, 0.15) is 25.5 Å². The molecule has 1 aromatic heterocycles. The number of ether oxygens (including phenoxy) is 1. The Balaban J connectivity index is 1.86. The molecule has 2 rings (SSSR count). The molecule has 3 heteroatoms. The predicted octanol–water partition coefficient (Wildman–Crippen LogP) is 4.07. The summed E-state index contributed by atoms with van der Waals surface area (Å²) in [6.07, 6.45) is 3.92. The Kier molecular flexibility index (Phi) is 4.70. The van der Waals surface area contributed by atoms with Gasteiger partial charge in [-0.2, -0.15) is 0 Å². The van der Waals surface area contributed by atoms with E-state index in [9.17, 15) is 0 Å². The Morgan fingerprint density at radius 2 is 2.17 bits per heavy atom. The van der Waals surface area contributed by atoms with Crippen molar-refractivity contribution in [1.29, 1.82) is 0 Å². The van der Waals surface area contributed by atoms with E-state index in [0.717, 1.165) is 36.6 Å². The molecule has 0 saturated heterocycles. The van der Waals surface area contributed by atoms with Crippen LogP contribution in [0.2, 0.25) is 0 Å². The van der Waals surface area contributed by atoms with E-state index in [1.165, 1.54) is 0 Å². The number of furan rings is 1. The monoisotopic (exact) mass is 245 g/mol. The van der Waals surface area contributed by atoms with E-state index in [1.54, 1.807) is 6.26 Å². The lowest BCUT2D eigenvalue weighted by molar-refractivity contribution is 0.309. The first-order chi connectivity index (χ1) is 8.88. The van der Waals surface area contributed by atoms with Gasteiger partial charge in [0.2, 0.25) is 0 Å². The third-order valence-electron chi connectivity index (χ3n) is 2.65. The molecule has 0 atom stereocenters. The van der Waals surface area contributed by atoms with Gasteiger partial charge in [0.1, 0.15) is 11.5 Å². The fourth-order valence-electron chi connectivity index (χ4n) is 1.63. The molecule has 0 fully saturated rings. The van der Waals surface area contributed by atoms with Gasteiger partial charge in [-0.1, -0.05) is 19.4 Å². The maximum absolute atomic E-state index is 5.66. The fraction of sp³-hybridized carbons (Fsp3) is 0.333. The fourth-order valence-corrected chi connectivity index (χ4v) is 1.63. The second kappa shape index (κ2) is 6.74. The second-order valence-electron chi connectivity index (χ2n) is 4.16. The lowest BCUT2D eigenvalue weighted by atomic mass is 10.3. The van der Waals surface area contributed by atoms with Crippen LogP contribution >= 0.6 is 0 Å². The standard InChI is InChI=1S/C15H19NO2/c1-2-3-9-17-14-7-4-6-13(11-14)16-12-15-8-5-10-18-15/h4-8,10-11,16H,2-3,9,12H2,1H3. The molecular formula is C15H19NO2. The zero-order chi connectivity index (χ0) is 12.6. The zero-order valence-electron chi connectivity index (χ0n) is 10.7. The van der Waals surface area contributed by atoms with Gasteiger partial charge in [-0.05, 0) is 30.7 Å². The minimum absolute atomic E-state index is 0.686. The molecule has 0 aliphatic carbocycles. The SMILES string of the molecule is CCCCOc1cccc(NCc2ccco2)c1. The number of hydrogen-bond acceptors (Lipinski definition) is 3. The number of rotatable bonds is 7. The molecule has 0 amide bonds. The van der Waals surface area contributed by atoms with Gasteiger partial charge < -0.3 is 14.5 Å². The Morgan fingerprint density at radius 1 is 1.22 bits per heavy atom. The number of unbranched alkanes of at least 4 members (excludes halogenated alkanes) is 1. The number of anilines is 1. The maximum Gasteiger partial charge on any atom is 0.122 e. The smallest absolute Gasteiger partial charge is 0.122 e. The van der Waals surface area contributed by atoms with Crippen LogP contribution in [0.25, 0.3) is 0 Å². The molecule has 0 aliphatic rings.